The molecule has 0 spiro atoms. The Hall–Kier alpha value is -0.860. The van der Waals surface area contributed by atoms with E-state index in [1.807, 2.05) is 25.1 Å². The monoisotopic (exact) mass is 164 g/mol. The molecule has 0 bridgehead atoms. The molecule has 0 heterocycles. The van der Waals surface area contributed by atoms with Crippen LogP contribution in [0.3, 0.4) is 0 Å². The van der Waals surface area contributed by atoms with E-state index in [-0.39, 0.29) is 0 Å². The fraction of sp³-hybridized carbons (Fsp3) is 0.400. The van der Waals surface area contributed by atoms with Gasteiger partial charge >= 0.3 is 0 Å². The van der Waals surface area contributed by atoms with Crippen LogP contribution in [0.25, 0.3) is 0 Å². The summed E-state index contributed by atoms with van der Waals surface area (Å²) < 4.78 is 0. The van der Waals surface area contributed by atoms with E-state index in [1.54, 1.807) is 0 Å². The second-order valence-electron chi connectivity index (χ2n) is 3.44. The topological polar surface area (TPSA) is 52.0 Å². The number of hydrogen-bond acceptors (Lipinski definition) is 2. The third-order valence-electron chi connectivity index (χ3n) is 2.18. The average molecular weight is 164 g/mol. The summed E-state index contributed by atoms with van der Waals surface area (Å²) >= 11 is 0. The van der Waals surface area contributed by atoms with E-state index in [4.69, 9.17) is 11.5 Å². The summed E-state index contributed by atoms with van der Waals surface area (Å²) in [6.45, 7) is 4.48. The number of benzene rings is 1. The molecule has 2 nitrogen and oxygen atoms in total. The standard InChI is InChI=1S/C10H16N2/c1-8-5-3-4-6-9(8)10(2,12)7-11/h3-6H,7,11-12H2,1-2H3/t10-/m0/s1. The molecule has 1 rings (SSSR count). The Balaban J connectivity index is 3.10. The smallest absolute Gasteiger partial charge is 0.0507 e. The van der Waals surface area contributed by atoms with Gasteiger partial charge in [0.05, 0.1) is 5.54 Å². The highest BCUT2D eigenvalue weighted by molar-refractivity contribution is 5.31. The predicted octanol–water partition coefficient (Wildman–Crippen LogP) is 1.13. The van der Waals surface area contributed by atoms with Gasteiger partial charge in [0.2, 0.25) is 0 Å². The van der Waals surface area contributed by atoms with E-state index in [0.717, 1.165) is 5.56 Å². The van der Waals surface area contributed by atoms with E-state index in [0.29, 0.717) is 6.54 Å². The van der Waals surface area contributed by atoms with Crippen LogP contribution in [0.1, 0.15) is 18.1 Å². The van der Waals surface area contributed by atoms with Crippen LogP contribution in [-0.4, -0.2) is 6.54 Å². The minimum absolute atomic E-state index is 0.397. The number of aryl methyl sites for hydroxylation is 1. The summed E-state index contributed by atoms with van der Waals surface area (Å²) in [4.78, 5) is 0. The fourth-order valence-corrected chi connectivity index (χ4v) is 1.32. The van der Waals surface area contributed by atoms with Crippen molar-refractivity contribution < 1.29 is 0 Å². The lowest BCUT2D eigenvalue weighted by atomic mass is 9.90. The molecular weight excluding hydrogens is 148 g/mol. The van der Waals surface area contributed by atoms with E-state index < -0.39 is 5.54 Å². The maximum atomic E-state index is 6.01. The van der Waals surface area contributed by atoms with Gasteiger partial charge in [0.25, 0.3) is 0 Å². The minimum atomic E-state index is -0.397. The first-order valence-electron chi connectivity index (χ1n) is 4.13. The van der Waals surface area contributed by atoms with Gasteiger partial charge in [-0.1, -0.05) is 24.3 Å². The molecular formula is C10H16N2. The first-order valence-corrected chi connectivity index (χ1v) is 4.13. The Morgan fingerprint density at radius 2 is 1.92 bits per heavy atom. The van der Waals surface area contributed by atoms with E-state index in [2.05, 4.69) is 13.0 Å². The Bertz CT molecular complexity index is 266. The van der Waals surface area contributed by atoms with Crippen molar-refractivity contribution in [2.45, 2.75) is 19.4 Å². The van der Waals surface area contributed by atoms with E-state index >= 15 is 0 Å². The Morgan fingerprint density at radius 3 is 2.42 bits per heavy atom. The molecule has 0 aliphatic carbocycles. The van der Waals surface area contributed by atoms with E-state index in [9.17, 15) is 0 Å². The SMILES string of the molecule is Cc1ccccc1[C@@](C)(N)CN. The fourth-order valence-electron chi connectivity index (χ4n) is 1.32. The number of rotatable bonds is 2. The molecule has 1 aromatic rings. The zero-order valence-electron chi connectivity index (χ0n) is 7.67. The maximum Gasteiger partial charge on any atom is 0.0507 e. The summed E-state index contributed by atoms with van der Waals surface area (Å²) in [5.74, 6) is 0. The molecule has 0 amide bonds. The Labute approximate surface area is 73.6 Å². The quantitative estimate of drug-likeness (QED) is 0.688. The lowest BCUT2D eigenvalue weighted by molar-refractivity contribution is 0.505. The van der Waals surface area contributed by atoms with Gasteiger partial charge in [0.1, 0.15) is 0 Å². The van der Waals surface area contributed by atoms with Gasteiger partial charge < -0.3 is 11.5 Å². The largest absolute Gasteiger partial charge is 0.328 e. The van der Waals surface area contributed by atoms with Crippen LogP contribution in [-0.2, 0) is 5.54 Å². The van der Waals surface area contributed by atoms with Crippen molar-refractivity contribution in [2.24, 2.45) is 11.5 Å². The summed E-state index contributed by atoms with van der Waals surface area (Å²) in [5, 5.41) is 0. The molecule has 0 aromatic heterocycles. The number of hydrogen-bond donors (Lipinski definition) is 2. The molecule has 1 aromatic carbocycles. The van der Waals surface area contributed by atoms with Gasteiger partial charge in [-0.3, -0.25) is 0 Å². The molecule has 0 aliphatic rings. The molecule has 66 valence electrons. The minimum Gasteiger partial charge on any atom is -0.328 e. The lowest BCUT2D eigenvalue weighted by Crippen LogP contribution is -2.41. The predicted molar refractivity (Wildman–Crippen MR) is 51.8 cm³/mol. The lowest BCUT2D eigenvalue weighted by Gasteiger charge is -2.24. The van der Waals surface area contributed by atoms with Gasteiger partial charge in [0, 0.05) is 6.54 Å². The van der Waals surface area contributed by atoms with Crippen molar-refractivity contribution in [2.75, 3.05) is 6.54 Å². The van der Waals surface area contributed by atoms with Crippen molar-refractivity contribution >= 4 is 0 Å². The molecule has 12 heavy (non-hydrogen) atoms. The molecule has 0 saturated heterocycles. The van der Waals surface area contributed by atoms with Gasteiger partial charge in [-0.2, -0.15) is 0 Å². The highest BCUT2D eigenvalue weighted by Crippen LogP contribution is 2.19. The van der Waals surface area contributed by atoms with Crippen LogP contribution in [0.5, 0.6) is 0 Å². The highest BCUT2D eigenvalue weighted by Gasteiger charge is 2.19. The molecule has 1 atom stereocenters. The number of nitrogens with two attached hydrogens (primary N) is 2. The molecule has 0 radical (unpaired) electrons. The highest BCUT2D eigenvalue weighted by atomic mass is 14.8. The first kappa shape index (κ1) is 9.23. The molecule has 0 fully saturated rings. The van der Waals surface area contributed by atoms with E-state index in [1.165, 1.54) is 5.56 Å². The zero-order valence-corrected chi connectivity index (χ0v) is 7.67. The molecule has 0 aliphatic heterocycles. The van der Waals surface area contributed by atoms with Crippen molar-refractivity contribution in [3.8, 4) is 0 Å². The van der Waals surface area contributed by atoms with Crippen molar-refractivity contribution in [3.63, 3.8) is 0 Å². The second-order valence-corrected chi connectivity index (χ2v) is 3.44. The van der Waals surface area contributed by atoms with Gasteiger partial charge in [0.15, 0.2) is 0 Å². The zero-order chi connectivity index (χ0) is 9.19. The molecule has 0 saturated carbocycles. The maximum absolute atomic E-state index is 6.01. The summed E-state index contributed by atoms with van der Waals surface area (Å²) in [7, 11) is 0. The average Bonchev–Trinajstić information content (AvgIpc) is 2.05. The van der Waals surface area contributed by atoms with Crippen molar-refractivity contribution in [3.05, 3.63) is 35.4 Å². The normalized spacial score (nSPS) is 15.7. The molecule has 4 N–H and O–H groups in total. The van der Waals surface area contributed by atoms with Gasteiger partial charge in [-0.25, -0.2) is 0 Å². The third-order valence-corrected chi connectivity index (χ3v) is 2.18. The van der Waals surface area contributed by atoms with Gasteiger partial charge in [-0.05, 0) is 25.0 Å². The van der Waals surface area contributed by atoms with Crippen LogP contribution >= 0.6 is 0 Å². The first-order chi connectivity index (χ1) is 5.58. The van der Waals surface area contributed by atoms with Crippen LogP contribution in [0, 0.1) is 6.92 Å². The summed E-state index contributed by atoms with van der Waals surface area (Å²) in [6, 6.07) is 8.08. The molecule has 2 heteroatoms. The van der Waals surface area contributed by atoms with Crippen LogP contribution in [0.4, 0.5) is 0 Å². The Morgan fingerprint density at radius 1 is 1.33 bits per heavy atom. The van der Waals surface area contributed by atoms with Crippen LogP contribution in [0.15, 0.2) is 24.3 Å². The Kier molecular flexibility index (Phi) is 2.50. The van der Waals surface area contributed by atoms with Crippen LogP contribution in [0.2, 0.25) is 0 Å². The summed E-state index contributed by atoms with van der Waals surface area (Å²) in [6.07, 6.45) is 0. The molecule has 0 unspecified atom stereocenters. The van der Waals surface area contributed by atoms with Crippen molar-refractivity contribution in [1.82, 2.24) is 0 Å². The van der Waals surface area contributed by atoms with Gasteiger partial charge in [-0.15, -0.1) is 0 Å². The second kappa shape index (κ2) is 3.25. The van der Waals surface area contributed by atoms with Crippen LogP contribution < -0.4 is 11.5 Å². The third kappa shape index (κ3) is 1.65. The summed E-state index contributed by atoms with van der Waals surface area (Å²) in [5.41, 5.74) is 13.5. The van der Waals surface area contributed by atoms with Crippen molar-refractivity contribution in [1.29, 1.82) is 0 Å².